The molecule has 0 aromatic heterocycles. The second kappa shape index (κ2) is 7.13. The molecular weight excluding hydrogens is 224 g/mol. The van der Waals surface area contributed by atoms with Crippen molar-refractivity contribution in [2.75, 3.05) is 13.1 Å². The summed E-state index contributed by atoms with van der Waals surface area (Å²) in [6.07, 6.45) is 5.59. The molecule has 1 amide bonds. The predicted molar refractivity (Wildman–Crippen MR) is 76.5 cm³/mol. The molecule has 1 heterocycles. The number of piperidine rings is 1. The molecule has 2 N–H and O–H groups in total. The molecule has 1 rings (SSSR count). The number of hydrogen-bond donors (Lipinski definition) is 2. The largest absolute Gasteiger partial charge is 0.356 e. The van der Waals surface area contributed by atoms with Gasteiger partial charge in [0.05, 0.1) is 0 Å². The van der Waals surface area contributed by atoms with E-state index >= 15 is 0 Å². The summed E-state index contributed by atoms with van der Waals surface area (Å²) in [7, 11) is 0. The highest BCUT2D eigenvalue weighted by Crippen LogP contribution is 2.27. The molecule has 0 aromatic rings. The van der Waals surface area contributed by atoms with Gasteiger partial charge in [0.15, 0.2) is 0 Å². The van der Waals surface area contributed by atoms with Crippen LogP contribution in [0.15, 0.2) is 0 Å². The minimum absolute atomic E-state index is 0.202. The van der Waals surface area contributed by atoms with Crippen LogP contribution in [0, 0.1) is 11.3 Å². The number of amides is 1. The van der Waals surface area contributed by atoms with E-state index in [1.165, 1.54) is 19.3 Å². The zero-order chi connectivity index (χ0) is 13.6. The monoisotopic (exact) mass is 254 g/mol. The molecule has 1 fully saturated rings. The van der Waals surface area contributed by atoms with Crippen LogP contribution >= 0.6 is 0 Å². The topological polar surface area (TPSA) is 41.1 Å². The Labute approximate surface area is 112 Å². The predicted octanol–water partition coefficient (Wildman–Crippen LogP) is 2.71. The van der Waals surface area contributed by atoms with E-state index in [-0.39, 0.29) is 11.3 Å². The maximum Gasteiger partial charge on any atom is 0.220 e. The molecule has 2 atom stereocenters. The summed E-state index contributed by atoms with van der Waals surface area (Å²) >= 11 is 0. The van der Waals surface area contributed by atoms with Crippen LogP contribution in [-0.4, -0.2) is 25.0 Å². The number of hydrogen-bond acceptors (Lipinski definition) is 2. The van der Waals surface area contributed by atoms with E-state index in [2.05, 4.69) is 38.3 Å². The Morgan fingerprint density at radius 3 is 2.67 bits per heavy atom. The van der Waals surface area contributed by atoms with Crippen LogP contribution in [-0.2, 0) is 4.79 Å². The normalized spacial score (nSPS) is 22.6. The lowest BCUT2D eigenvalue weighted by Crippen LogP contribution is -2.38. The van der Waals surface area contributed by atoms with Crippen LogP contribution in [0.3, 0.4) is 0 Å². The smallest absolute Gasteiger partial charge is 0.220 e. The molecule has 0 aliphatic carbocycles. The van der Waals surface area contributed by atoms with Gasteiger partial charge in [-0.2, -0.15) is 0 Å². The average molecular weight is 254 g/mol. The lowest BCUT2D eigenvalue weighted by Gasteiger charge is -2.27. The fourth-order valence-corrected chi connectivity index (χ4v) is 2.21. The summed E-state index contributed by atoms with van der Waals surface area (Å²) < 4.78 is 0. The fourth-order valence-electron chi connectivity index (χ4n) is 2.21. The van der Waals surface area contributed by atoms with Gasteiger partial charge in [-0.25, -0.2) is 0 Å². The number of carbonyl (C=O) groups is 1. The second-order valence-electron chi connectivity index (χ2n) is 6.76. The Kier molecular flexibility index (Phi) is 6.13. The van der Waals surface area contributed by atoms with Gasteiger partial charge in [-0.1, -0.05) is 34.1 Å². The quantitative estimate of drug-likeness (QED) is 0.792. The summed E-state index contributed by atoms with van der Waals surface area (Å²) in [5, 5.41) is 6.56. The third-order valence-corrected chi connectivity index (χ3v) is 4.20. The molecule has 18 heavy (non-hydrogen) atoms. The van der Waals surface area contributed by atoms with Gasteiger partial charge in [0, 0.05) is 19.0 Å². The summed E-state index contributed by atoms with van der Waals surface area (Å²) in [6.45, 7) is 10.7. The van der Waals surface area contributed by atoms with E-state index < -0.39 is 0 Å². The van der Waals surface area contributed by atoms with E-state index in [0.29, 0.717) is 18.4 Å². The van der Waals surface area contributed by atoms with Gasteiger partial charge in [0.2, 0.25) is 5.91 Å². The van der Waals surface area contributed by atoms with Crippen molar-refractivity contribution in [1.82, 2.24) is 10.6 Å². The lowest BCUT2D eigenvalue weighted by molar-refractivity contribution is -0.122. The molecule has 106 valence electrons. The summed E-state index contributed by atoms with van der Waals surface area (Å²) in [6, 6.07) is 0.610. The van der Waals surface area contributed by atoms with Crippen molar-refractivity contribution in [3.63, 3.8) is 0 Å². The van der Waals surface area contributed by atoms with Gasteiger partial charge in [-0.3, -0.25) is 4.79 Å². The summed E-state index contributed by atoms with van der Waals surface area (Å²) in [5.41, 5.74) is 0.211. The molecule has 0 radical (unpaired) electrons. The highest BCUT2D eigenvalue weighted by Gasteiger charge is 2.22. The SMILES string of the molecule is CC(CC(=O)NCCC1CCCCN1)C(C)(C)C. The van der Waals surface area contributed by atoms with Gasteiger partial charge in [-0.05, 0) is 37.1 Å². The number of nitrogens with one attached hydrogen (secondary N) is 2. The number of rotatable bonds is 5. The Balaban J connectivity index is 2.13. The molecule has 0 bridgehead atoms. The van der Waals surface area contributed by atoms with Crippen LogP contribution in [0.5, 0.6) is 0 Å². The standard InChI is InChI=1S/C15H30N2O/c1-12(15(2,3)4)11-14(18)17-10-8-13-7-5-6-9-16-13/h12-13,16H,5-11H2,1-4H3,(H,17,18). The van der Waals surface area contributed by atoms with E-state index in [0.717, 1.165) is 19.5 Å². The molecule has 0 aromatic carbocycles. The Hall–Kier alpha value is -0.570. The third-order valence-electron chi connectivity index (χ3n) is 4.20. The third kappa shape index (κ3) is 5.85. The number of carbonyl (C=O) groups excluding carboxylic acids is 1. The van der Waals surface area contributed by atoms with Crippen molar-refractivity contribution in [3.8, 4) is 0 Å². The van der Waals surface area contributed by atoms with Crippen molar-refractivity contribution in [2.45, 2.75) is 65.8 Å². The van der Waals surface area contributed by atoms with Crippen LogP contribution in [0.4, 0.5) is 0 Å². The van der Waals surface area contributed by atoms with Crippen molar-refractivity contribution in [1.29, 1.82) is 0 Å². The van der Waals surface area contributed by atoms with Gasteiger partial charge in [-0.15, -0.1) is 0 Å². The summed E-state index contributed by atoms with van der Waals surface area (Å²) in [4.78, 5) is 11.8. The van der Waals surface area contributed by atoms with Gasteiger partial charge < -0.3 is 10.6 Å². The molecule has 2 unspecified atom stereocenters. The zero-order valence-corrected chi connectivity index (χ0v) is 12.5. The van der Waals surface area contributed by atoms with Crippen LogP contribution in [0.2, 0.25) is 0 Å². The minimum atomic E-state index is 0.202. The van der Waals surface area contributed by atoms with Crippen molar-refractivity contribution >= 4 is 5.91 Å². The average Bonchev–Trinajstić information content (AvgIpc) is 2.29. The Bertz CT molecular complexity index is 252. The molecular formula is C15H30N2O. The maximum atomic E-state index is 11.8. The molecule has 1 aliphatic rings. The van der Waals surface area contributed by atoms with Crippen LogP contribution < -0.4 is 10.6 Å². The Morgan fingerprint density at radius 2 is 2.11 bits per heavy atom. The molecule has 0 saturated carbocycles. The first-order valence-electron chi connectivity index (χ1n) is 7.39. The molecule has 0 spiro atoms. The lowest BCUT2D eigenvalue weighted by atomic mass is 9.80. The first kappa shape index (κ1) is 15.5. The van der Waals surface area contributed by atoms with Crippen molar-refractivity contribution in [2.24, 2.45) is 11.3 Å². The summed E-state index contributed by atoms with van der Waals surface area (Å²) in [5.74, 6) is 0.624. The van der Waals surface area contributed by atoms with Crippen molar-refractivity contribution < 1.29 is 4.79 Å². The zero-order valence-electron chi connectivity index (χ0n) is 12.5. The van der Waals surface area contributed by atoms with Gasteiger partial charge in [0.1, 0.15) is 0 Å². The highest BCUT2D eigenvalue weighted by atomic mass is 16.1. The van der Waals surface area contributed by atoms with Crippen LogP contribution in [0.1, 0.15) is 59.8 Å². The first-order chi connectivity index (χ1) is 8.39. The molecule has 1 saturated heterocycles. The van der Waals surface area contributed by atoms with Crippen LogP contribution in [0.25, 0.3) is 0 Å². The van der Waals surface area contributed by atoms with Crippen molar-refractivity contribution in [3.05, 3.63) is 0 Å². The molecule has 3 nitrogen and oxygen atoms in total. The van der Waals surface area contributed by atoms with E-state index in [1.807, 2.05) is 0 Å². The van der Waals surface area contributed by atoms with E-state index in [1.54, 1.807) is 0 Å². The molecule has 1 aliphatic heterocycles. The van der Waals surface area contributed by atoms with Gasteiger partial charge >= 0.3 is 0 Å². The highest BCUT2D eigenvalue weighted by molar-refractivity contribution is 5.76. The van der Waals surface area contributed by atoms with E-state index in [9.17, 15) is 4.79 Å². The maximum absolute atomic E-state index is 11.8. The second-order valence-corrected chi connectivity index (χ2v) is 6.76. The van der Waals surface area contributed by atoms with E-state index in [4.69, 9.17) is 0 Å². The molecule has 3 heteroatoms. The van der Waals surface area contributed by atoms with Gasteiger partial charge in [0.25, 0.3) is 0 Å². The minimum Gasteiger partial charge on any atom is -0.356 e. The Morgan fingerprint density at radius 1 is 1.39 bits per heavy atom. The fraction of sp³-hybridized carbons (Fsp3) is 0.933. The first-order valence-corrected chi connectivity index (χ1v) is 7.39.